The number of thioether (sulfide) groups is 1. The van der Waals surface area contributed by atoms with E-state index in [-0.39, 0.29) is 5.91 Å². The van der Waals surface area contributed by atoms with Gasteiger partial charge in [-0.2, -0.15) is 0 Å². The lowest BCUT2D eigenvalue weighted by Crippen LogP contribution is -2.14. The predicted molar refractivity (Wildman–Crippen MR) is 115 cm³/mol. The predicted octanol–water partition coefficient (Wildman–Crippen LogP) is 5.25. The van der Waals surface area contributed by atoms with E-state index >= 15 is 0 Å². The molecule has 1 N–H and O–H groups in total. The molecular weight excluding hydrogens is 388 g/mol. The molecule has 0 unspecified atom stereocenters. The standard InChI is InChI=1S/C21H18N4OS2/c1-13-8-9-18-16(10-13)11-17(14(2)22-18)19(26)23-20-24-25-21(28-20)27-12-15-6-4-3-5-7-15/h3-11H,12H2,1-2H3,(H,23,24,26). The molecule has 28 heavy (non-hydrogen) atoms. The second kappa shape index (κ2) is 8.08. The van der Waals surface area contributed by atoms with Crippen molar-refractivity contribution >= 4 is 45.0 Å². The molecule has 4 aromatic rings. The van der Waals surface area contributed by atoms with Gasteiger partial charge in [0.05, 0.1) is 16.8 Å². The summed E-state index contributed by atoms with van der Waals surface area (Å²) in [6, 6.07) is 18.1. The first kappa shape index (κ1) is 18.6. The third-order valence-corrected chi connectivity index (χ3v) is 6.28. The van der Waals surface area contributed by atoms with E-state index in [1.807, 2.05) is 56.3 Å². The van der Waals surface area contributed by atoms with Crippen LogP contribution in [0.5, 0.6) is 0 Å². The molecule has 0 atom stereocenters. The number of amides is 1. The summed E-state index contributed by atoms with van der Waals surface area (Å²) >= 11 is 2.98. The van der Waals surface area contributed by atoms with Gasteiger partial charge in [-0.1, -0.05) is 65.1 Å². The van der Waals surface area contributed by atoms with Crippen LogP contribution in [0.2, 0.25) is 0 Å². The van der Waals surface area contributed by atoms with Crippen LogP contribution in [0.1, 0.15) is 27.2 Å². The number of hydrogen-bond donors (Lipinski definition) is 1. The molecule has 0 saturated heterocycles. The number of nitrogens with one attached hydrogen (secondary N) is 1. The zero-order chi connectivity index (χ0) is 19.5. The van der Waals surface area contributed by atoms with Gasteiger partial charge < -0.3 is 0 Å². The van der Waals surface area contributed by atoms with E-state index in [4.69, 9.17) is 0 Å². The number of hydrogen-bond acceptors (Lipinski definition) is 6. The van der Waals surface area contributed by atoms with Crippen molar-refractivity contribution in [2.45, 2.75) is 23.9 Å². The van der Waals surface area contributed by atoms with E-state index in [9.17, 15) is 4.79 Å². The fraction of sp³-hybridized carbons (Fsp3) is 0.143. The lowest BCUT2D eigenvalue weighted by Gasteiger charge is -2.07. The third kappa shape index (κ3) is 4.21. The van der Waals surface area contributed by atoms with Crippen LogP contribution in [0.4, 0.5) is 5.13 Å². The van der Waals surface area contributed by atoms with Gasteiger partial charge in [0.1, 0.15) is 0 Å². The summed E-state index contributed by atoms with van der Waals surface area (Å²) in [4.78, 5) is 17.3. The molecular formula is C21H18N4OS2. The molecule has 140 valence electrons. The molecule has 1 amide bonds. The maximum absolute atomic E-state index is 12.7. The Morgan fingerprint density at radius 1 is 1.07 bits per heavy atom. The lowest BCUT2D eigenvalue weighted by molar-refractivity contribution is 0.102. The summed E-state index contributed by atoms with van der Waals surface area (Å²) < 4.78 is 0.822. The van der Waals surface area contributed by atoms with Crippen LogP contribution < -0.4 is 5.32 Å². The highest BCUT2D eigenvalue weighted by Gasteiger charge is 2.15. The molecule has 0 bridgehead atoms. The molecule has 0 aliphatic heterocycles. The first-order valence-electron chi connectivity index (χ1n) is 8.78. The van der Waals surface area contributed by atoms with Gasteiger partial charge in [-0.05, 0) is 37.6 Å². The molecule has 0 fully saturated rings. The first-order chi connectivity index (χ1) is 13.6. The van der Waals surface area contributed by atoms with E-state index in [0.717, 1.165) is 26.6 Å². The molecule has 4 rings (SSSR count). The Morgan fingerprint density at radius 2 is 1.89 bits per heavy atom. The number of carbonyl (C=O) groups is 1. The van der Waals surface area contributed by atoms with Crippen LogP contribution in [0, 0.1) is 13.8 Å². The third-order valence-electron chi connectivity index (χ3n) is 4.24. The van der Waals surface area contributed by atoms with Crippen LogP contribution in [0.25, 0.3) is 10.9 Å². The zero-order valence-electron chi connectivity index (χ0n) is 15.5. The van der Waals surface area contributed by atoms with Gasteiger partial charge >= 0.3 is 0 Å². The maximum Gasteiger partial charge on any atom is 0.259 e. The van der Waals surface area contributed by atoms with Crippen molar-refractivity contribution in [2.75, 3.05) is 5.32 Å². The molecule has 2 aromatic carbocycles. The van der Waals surface area contributed by atoms with Gasteiger partial charge in [0.25, 0.3) is 5.91 Å². The molecule has 0 radical (unpaired) electrons. The molecule has 5 nitrogen and oxygen atoms in total. The van der Waals surface area contributed by atoms with Crippen molar-refractivity contribution in [3.8, 4) is 0 Å². The molecule has 2 heterocycles. The van der Waals surface area contributed by atoms with E-state index < -0.39 is 0 Å². The number of aryl methyl sites for hydroxylation is 2. The Labute approximate surface area is 171 Å². The molecule has 7 heteroatoms. The number of fused-ring (bicyclic) bond motifs is 1. The second-order valence-electron chi connectivity index (χ2n) is 6.42. The number of carbonyl (C=O) groups excluding carboxylic acids is 1. The molecule has 0 saturated carbocycles. The van der Waals surface area contributed by atoms with E-state index in [1.165, 1.54) is 16.9 Å². The second-order valence-corrected chi connectivity index (χ2v) is 8.62. The van der Waals surface area contributed by atoms with Crippen molar-refractivity contribution in [3.63, 3.8) is 0 Å². The van der Waals surface area contributed by atoms with Gasteiger partial charge in [0.15, 0.2) is 4.34 Å². The van der Waals surface area contributed by atoms with Crippen molar-refractivity contribution in [1.82, 2.24) is 15.2 Å². The SMILES string of the molecule is Cc1ccc2nc(C)c(C(=O)Nc3nnc(SCc4ccccc4)s3)cc2c1. The highest BCUT2D eigenvalue weighted by molar-refractivity contribution is 8.00. The minimum atomic E-state index is -0.218. The molecule has 0 spiro atoms. The maximum atomic E-state index is 12.7. The van der Waals surface area contributed by atoms with Crippen molar-refractivity contribution in [3.05, 3.63) is 77.0 Å². The van der Waals surface area contributed by atoms with Crippen LogP contribution in [-0.2, 0) is 5.75 Å². The highest BCUT2D eigenvalue weighted by atomic mass is 32.2. The normalized spacial score (nSPS) is 10.9. The van der Waals surface area contributed by atoms with Gasteiger partial charge in [0, 0.05) is 11.1 Å². The Bertz CT molecular complexity index is 1140. The molecule has 0 aliphatic rings. The Morgan fingerprint density at radius 3 is 2.71 bits per heavy atom. The quantitative estimate of drug-likeness (QED) is 0.362. The average molecular weight is 407 g/mol. The molecule has 0 aliphatic carbocycles. The number of anilines is 1. The largest absolute Gasteiger partial charge is 0.296 e. The first-order valence-corrected chi connectivity index (χ1v) is 10.6. The van der Waals surface area contributed by atoms with Gasteiger partial charge in [-0.25, -0.2) is 0 Å². The number of aromatic nitrogens is 3. The summed E-state index contributed by atoms with van der Waals surface area (Å²) in [6.45, 7) is 3.87. The van der Waals surface area contributed by atoms with Crippen LogP contribution in [-0.4, -0.2) is 21.1 Å². The van der Waals surface area contributed by atoms with Gasteiger partial charge in [0.2, 0.25) is 5.13 Å². The number of nitrogens with zero attached hydrogens (tertiary/aromatic N) is 3. The topological polar surface area (TPSA) is 67.8 Å². The average Bonchev–Trinajstić information content (AvgIpc) is 3.14. The summed E-state index contributed by atoms with van der Waals surface area (Å²) in [5.74, 6) is 0.598. The monoisotopic (exact) mass is 406 g/mol. The summed E-state index contributed by atoms with van der Waals surface area (Å²) in [5, 5.41) is 12.5. The minimum absolute atomic E-state index is 0.218. The highest BCUT2D eigenvalue weighted by Crippen LogP contribution is 2.28. The molecule has 2 aromatic heterocycles. The van der Waals surface area contributed by atoms with Gasteiger partial charge in [-0.3, -0.25) is 15.1 Å². The van der Waals surface area contributed by atoms with Crippen LogP contribution >= 0.6 is 23.1 Å². The summed E-state index contributed by atoms with van der Waals surface area (Å²) in [7, 11) is 0. The number of rotatable bonds is 5. The van der Waals surface area contributed by atoms with Crippen LogP contribution in [0.3, 0.4) is 0 Å². The number of pyridine rings is 1. The van der Waals surface area contributed by atoms with E-state index in [1.54, 1.807) is 11.8 Å². The Kier molecular flexibility index (Phi) is 5.36. The minimum Gasteiger partial charge on any atom is -0.296 e. The summed E-state index contributed by atoms with van der Waals surface area (Å²) in [6.07, 6.45) is 0. The van der Waals surface area contributed by atoms with E-state index in [2.05, 4.69) is 32.6 Å². The number of benzene rings is 2. The summed E-state index contributed by atoms with van der Waals surface area (Å²) in [5.41, 5.74) is 4.48. The van der Waals surface area contributed by atoms with Crippen molar-refractivity contribution < 1.29 is 4.79 Å². The fourth-order valence-electron chi connectivity index (χ4n) is 2.82. The van der Waals surface area contributed by atoms with E-state index in [0.29, 0.717) is 16.4 Å². The Balaban J connectivity index is 1.47. The smallest absolute Gasteiger partial charge is 0.259 e. The zero-order valence-corrected chi connectivity index (χ0v) is 17.1. The van der Waals surface area contributed by atoms with Crippen LogP contribution in [0.15, 0.2) is 58.9 Å². The fourth-order valence-corrected chi connectivity index (χ4v) is 4.53. The van der Waals surface area contributed by atoms with Crippen molar-refractivity contribution in [1.29, 1.82) is 0 Å². The lowest BCUT2D eigenvalue weighted by atomic mass is 10.1. The Hall–Kier alpha value is -2.77. The van der Waals surface area contributed by atoms with Crippen molar-refractivity contribution in [2.24, 2.45) is 0 Å². The van der Waals surface area contributed by atoms with Gasteiger partial charge in [-0.15, -0.1) is 10.2 Å².